The minimum Gasteiger partial charge on any atom is -0.481 e. The highest BCUT2D eigenvalue weighted by Gasteiger charge is 2.19. The fourth-order valence-corrected chi connectivity index (χ4v) is 2.98. The van der Waals surface area contributed by atoms with Gasteiger partial charge < -0.3 is 7.58 Å². The number of hydrogen-bond acceptors (Lipinski definition) is 2. The molecule has 0 aromatic heterocycles. The first kappa shape index (κ1) is 17.2. The summed E-state index contributed by atoms with van der Waals surface area (Å²) in [7, 11) is 1.77. The predicted molar refractivity (Wildman–Crippen MR) is 76.3 cm³/mol. The average molecular weight is 256 g/mol. The molecule has 0 aliphatic carbocycles. The van der Waals surface area contributed by atoms with E-state index < -0.39 is 14.8 Å². The highest BCUT2D eigenvalue weighted by atomic mass is 27.2. The Balaban J connectivity index is 3.05. The maximum Gasteiger partial charge on any atom is 0.674 e. The van der Waals surface area contributed by atoms with Crippen LogP contribution in [0.2, 0.25) is 5.28 Å². The van der Waals surface area contributed by atoms with Gasteiger partial charge in [0.05, 0.1) is 0 Å². The smallest absolute Gasteiger partial charge is 0.481 e. The van der Waals surface area contributed by atoms with Gasteiger partial charge in [0.1, 0.15) is 0 Å². The van der Waals surface area contributed by atoms with Crippen molar-refractivity contribution in [3.05, 3.63) is 12.7 Å². The lowest BCUT2D eigenvalue weighted by atomic mass is 10.1. The Bertz CT molecular complexity index is 158. The van der Waals surface area contributed by atoms with E-state index in [9.17, 15) is 0 Å². The summed E-state index contributed by atoms with van der Waals surface area (Å²) < 4.78 is 11.0. The van der Waals surface area contributed by atoms with Crippen LogP contribution in [0.15, 0.2) is 12.7 Å². The number of rotatable bonds is 13. The van der Waals surface area contributed by atoms with Gasteiger partial charge in [-0.05, 0) is 24.5 Å². The minimum atomic E-state index is -1.28. The lowest BCUT2D eigenvalue weighted by Gasteiger charge is -2.08. The summed E-state index contributed by atoms with van der Waals surface area (Å²) in [6, 6.07) is 0. The molecule has 0 aliphatic heterocycles. The molecule has 3 heteroatoms. The van der Waals surface area contributed by atoms with Crippen LogP contribution in [0, 0.1) is 0 Å². The Morgan fingerprint density at radius 2 is 1.59 bits per heavy atom. The van der Waals surface area contributed by atoms with Gasteiger partial charge in [0.15, 0.2) is 0 Å². The summed E-state index contributed by atoms with van der Waals surface area (Å²) in [5.41, 5.74) is 0. The monoisotopic (exact) mass is 256 g/mol. The molecule has 0 heterocycles. The molecule has 0 saturated carbocycles. The zero-order valence-corrected chi connectivity index (χ0v) is 12.9. The number of allylic oxidation sites excluding steroid dienone is 1. The van der Waals surface area contributed by atoms with Crippen LogP contribution in [0.5, 0.6) is 0 Å². The molecule has 0 spiro atoms. The fraction of sp³-hybridized carbons (Fsp3) is 0.857. The van der Waals surface area contributed by atoms with Crippen molar-refractivity contribution in [1.82, 2.24) is 0 Å². The van der Waals surface area contributed by atoms with Crippen molar-refractivity contribution >= 4 is 14.8 Å². The average Bonchev–Trinajstić information content (AvgIpc) is 2.36. The molecular weight excluding hydrogens is 227 g/mol. The SMILES string of the molecule is C=CCCCCCCCCC[O][Al]([CH2]C)[O]C. The molecule has 0 radical (unpaired) electrons. The van der Waals surface area contributed by atoms with Gasteiger partial charge in [0.2, 0.25) is 0 Å². The quantitative estimate of drug-likeness (QED) is 0.275. The molecular formula is C14H29AlO2. The Morgan fingerprint density at radius 3 is 2.12 bits per heavy atom. The standard InChI is InChI=1S/C11H21O.C2H5.CH3O.Al/c1-2-3-4-5-6-7-8-9-10-11-12;2*1-2;/h2H,1,3-11H2;1H2,2H3;1H3;/q-1;;-1;+2. The van der Waals surface area contributed by atoms with Gasteiger partial charge in [0.25, 0.3) is 0 Å². The normalized spacial score (nSPS) is 10.5. The molecule has 0 fully saturated rings. The third-order valence-corrected chi connectivity index (χ3v) is 4.75. The first-order chi connectivity index (χ1) is 8.35. The van der Waals surface area contributed by atoms with Crippen LogP contribution in [0.4, 0.5) is 0 Å². The lowest BCUT2D eigenvalue weighted by Crippen LogP contribution is -2.20. The Morgan fingerprint density at radius 1 is 1.00 bits per heavy atom. The van der Waals surface area contributed by atoms with Crippen LogP contribution < -0.4 is 0 Å². The predicted octanol–water partition coefficient (Wildman–Crippen LogP) is 4.46. The largest absolute Gasteiger partial charge is 0.674 e. The van der Waals surface area contributed by atoms with Gasteiger partial charge in [-0.3, -0.25) is 0 Å². The van der Waals surface area contributed by atoms with E-state index in [2.05, 4.69) is 13.5 Å². The van der Waals surface area contributed by atoms with Crippen LogP contribution in [-0.2, 0) is 7.58 Å². The molecule has 0 saturated heterocycles. The first-order valence-corrected chi connectivity index (χ1v) is 8.86. The van der Waals surface area contributed by atoms with Crippen LogP contribution in [-0.4, -0.2) is 28.5 Å². The minimum absolute atomic E-state index is 0.898. The van der Waals surface area contributed by atoms with Crippen LogP contribution in [0.25, 0.3) is 0 Å². The second-order valence-corrected chi connectivity index (χ2v) is 6.98. The van der Waals surface area contributed by atoms with Crippen molar-refractivity contribution in [1.29, 1.82) is 0 Å². The molecule has 17 heavy (non-hydrogen) atoms. The number of hydrogen-bond donors (Lipinski definition) is 0. The zero-order valence-electron chi connectivity index (χ0n) is 11.7. The Hall–Kier alpha value is 0.192. The third-order valence-electron chi connectivity index (χ3n) is 2.95. The molecule has 0 amide bonds. The van der Waals surface area contributed by atoms with E-state index in [1.807, 2.05) is 6.08 Å². The fourth-order valence-electron chi connectivity index (χ4n) is 1.84. The van der Waals surface area contributed by atoms with Crippen molar-refractivity contribution in [3.8, 4) is 0 Å². The highest BCUT2D eigenvalue weighted by Crippen LogP contribution is 2.09. The summed E-state index contributed by atoms with van der Waals surface area (Å²) >= 11 is -1.28. The van der Waals surface area contributed by atoms with Gasteiger partial charge in [-0.25, -0.2) is 0 Å². The molecule has 0 aromatic rings. The van der Waals surface area contributed by atoms with Crippen molar-refractivity contribution in [2.45, 2.75) is 63.6 Å². The Kier molecular flexibility index (Phi) is 14.4. The van der Waals surface area contributed by atoms with Crippen LogP contribution in [0.1, 0.15) is 58.3 Å². The van der Waals surface area contributed by atoms with Crippen molar-refractivity contribution in [2.75, 3.05) is 13.7 Å². The molecule has 2 nitrogen and oxygen atoms in total. The van der Waals surface area contributed by atoms with Gasteiger partial charge in [-0.15, -0.1) is 6.58 Å². The van der Waals surface area contributed by atoms with E-state index in [0.717, 1.165) is 11.9 Å². The van der Waals surface area contributed by atoms with Crippen molar-refractivity contribution in [3.63, 3.8) is 0 Å². The van der Waals surface area contributed by atoms with Gasteiger partial charge in [0, 0.05) is 13.7 Å². The maximum atomic E-state index is 5.71. The number of unbranched alkanes of at least 4 members (excludes halogenated alkanes) is 7. The van der Waals surface area contributed by atoms with Gasteiger partial charge in [-0.1, -0.05) is 45.1 Å². The molecule has 0 N–H and O–H groups in total. The summed E-state index contributed by atoms with van der Waals surface area (Å²) in [5, 5.41) is 1.07. The second kappa shape index (κ2) is 14.3. The molecule has 0 rings (SSSR count). The van der Waals surface area contributed by atoms with E-state index in [-0.39, 0.29) is 0 Å². The highest BCUT2D eigenvalue weighted by molar-refractivity contribution is 6.44. The third kappa shape index (κ3) is 12.4. The van der Waals surface area contributed by atoms with Crippen LogP contribution >= 0.6 is 0 Å². The van der Waals surface area contributed by atoms with Gasteiger partial charge in [-0.2, -0.15) is 0 Å². The molecule has 0 aliphatic rings. The molecule has 0 aromatic carbocycles. The second-order valence-electron chi connectivity index (χ2n) is 4.50. The van der Waals surface area contributed by atoms with Gasteiger partial charge >= 0.3 is 14.8 Å². The molecule has 0 unspecified atom stereocenters. The Labute approximate surface area is 112 Å². The summed E-state index contributed by atoms with van der Waals surface area (Å²) in [6.45, 7) is 6.78. The lowest BCUT2D eigenvalue weighted by molar-refractivity contribution is 0.224. The van der Waals surface area contributed by atoms with E-state index in [0.29, 0.717) is 0 Å². The summed E-state index contributed by atoms with van der Waals surface area (Å²) in [4.78, 5) is 0. The first-order valence-electron chi connectivity index (χ1n) is 7.10. The molecule has 0 atom stereocenters. The molecule has 100 valence electrons. The summed E-state index contributed by atoms with van der Waals surface area (Å²) in [5.74, 6) is 0. The zero-order chi connectivity index (χ0) is 12.8. The van der Waals surface area contributed by atoms with E-state index in [1.54, 1.807) is 7.11 Å². The van der Waals surface area contributed by atoms with E-state index in [4.69, 9.17) is 7.58 Å². The van der Waals surface area contributed by atoms with E-state index in [1.165, 1.54) is 51.4 Å². The van der Waals surface area contributed by atoms with Crippen molar-refractivity contribution in [2.24, 2.45) is 0 Å². The molecule has 0 bridgehead atoms. The maximum absolute atomic E-state index is 5.71. The van der Waals surface area contributed by atoms with E-state index >= 15 is 0 Å². The van der Waals surface area contributed by atoms with Crippen LogP contribution in [0.3, 0.4) is 0 Å². The topological polar surface area (TPSA) is 18.5 Å². The summed E-state index contributed by atoms with van der Waals surface area (Å²) in [6.07, 6.45) is 12.4. The van der Waals surface area contributed by atoms with Crippen molar-refractivity contribution < 1.29 is 7.58 Å².